The summed E-state index contributed by atoms with van der Waals surface area (Å²) in [5.41, 5.74) is 0.571. The lowest BCUT2D eigenvalue weighted by Crippen LogP contribution is -2.44. The predicted octanol–water partition coefficient (Wildman–Crippen LogP) is 4.01. The second-order valence-corrected chi connectivity index (χ2v) is 6.95. The molecule has 1 saturated carbocycles. The van der Waals surface area contributed by atoms with Gasteiger partial charge in [-0.25, -0.2) is 0 Å². The van der Waals surface area contributed by atoms with Crippen LogP contribution in [0.15, 0.2) is 12.1 Å². The summed E-state index contributed by atoms with van der Waals surface area (Å²) in [7, 11) is 3.09. The van der Waals surface area contributed by atoms with E-state index in [2.05, 4.69) is 0 Å². The number of carbonyl (C=O) groups is 1. The predicted molar refractivity (Wildman–Crippen MR) is 90.5 cm³/mol. The summed E-state index contributed by atoms with van der Waals surface area (Å²) in [5, 5.41) is 0.405. The first-order valence-electron chi connectivity index (χ1n) is 8.34. The van der Waals surface area contributed by atoms with Crippen molar-refractivity contribution in [3.63, 3.8) is 0 Å². The van der Waals surface area contributed by atoms with E-state index < -0.39 is 0 Å². The zero-order chi connectivity index (χ0) is 16.4. The topological polar surface area (TPSA) is 38.8 Å². The van der Waals surface area contributed by atoms with Crippen molar-refractivity contribution in [2.45, 2.75) is 32.1 Å². The van der Waals surface area contributed by atoms with Crippen LogP contribution in [0.2, 0.25) is 5.02 Å². The molecule has 2 fully saturated rings. The first kappa shape index (κ1) is 16.4. The van der Waals surface area contributed by atoms with Crippen molar-refractivity contribution in [2.75, 3.05) is 27.3 Å². The average Bonchev–Trinajstić information content (AvgIpc) is 2.59. The van der Waals surface area contributed by atoms with Crippen molar-refractivity contribution in [3.8, 4) is 11.5 Å². The van der Waals surface area contributed by atoms with Crippen LogP contribution >= 0.6 is 11.6 Å². The quantitative estimate of drug-likeness (QED) is 0.836. The SMILES string of the molecule is COc1cc(C(=O)N2CC[C@H]3CCCC[C@H]3C2)cc(Cl)c1OC. The van der Waals surface area contributed by atoms with Crippen LogP contribution < -0.4 is 9.47 Å². The third kappa shape index (κ3) is 3.27. The Hall–Kier alpha value is -1.42. The molecule has 1 heterocycles. The van der Waals surface area contributed by atoms with Crippen molar-refractivity contribution >= 4 is 17.5 Å². The average molecular weight is 338 g/mol. The molecule has 2 atom stereocenters. The Morgan fingerprint density at radius 2 is 1.87 bits per heavy atom. The van der Waals surface area contributed by atoms with E-state index in [0.717, 1.165) is 25.4 Å². The largest absolute Gasteiger partial charge is 0.493 e. The Morgan fingerprint density at radius 1 is 1.13 bits per heavy atom. The highest BCUT2D eigenvalue weighted by atomic mass is 35.5. The number of methoxy groups -OCH3 is 2. The molecule has 0 bridgehead atoms. The first-order valence-corrected chi connectivity index (χ1v) is 8.72. The number of fused-ring (bicyclic) bond motifs is 1. The van der Waals surface area contributed by atoms with Gasteiger partial charge >= 0.3 is 0 Å². The van der Waals surface area contributed by atoms with Crippen LogP contribution in [0, 0.1) is 11.8 Å². The van der Waals surface area contributed by atoms with Gasteiger partial charge in [0, 0.05) is 18.7 Å². The number of rotatable bonds is 3. The van der Waals surface area contributed by atoms with Gasteiger partial charge in [-0.1, -0.05) is 30.9 Å². The molecule has 0 aromatic heterocycles. The van der Waals surface area contributed by atoms with E-state index >= 15 is 0 Å². The molecule has 0 unspecified atom stereocenters. The van der Waals surface area contributed by atoms with Crippen LogP contribution in [0.25, 0.3) is 0 Å². The molecule has 5 heteroatoms. The summed E-state index contributed by atoms with van der Waals surface area (Å²) in [6.45, 7) is 1.71. The zero-order valence-corrected chi connectivity index (χ0v) is 14.6. The normalized spacial score (nSPS) is 24.0. The molecule has 0 spiro atoms. The lowest BCUT2D eigenvalue weighted by atomic mass is 9.75. The molecule has 1 amide bonds. The zero-order valence-electron chi connectivity index (χ0n) is 13.8. The molecule has 1 saturated heterocycles. The van der Waals surface area contributed by atoms with Crippen molar-refractivity contribution in [1.29, 1.82) is 0 Å². The second-order valence-electron chi connectivity index (χ2n) is 6.54. The van der Waals surface area contributed by atoms with E-state index in [9.17, 15) is 4.79 Å². The molecular formula is C18H24ClNO3. The van der Waals surface area contributed by atoms with Gasteiger partial charge in [-0.15, -0.1) is 0 Å². The monoisotopic (exact) mass is 337 g/mol. The number of piperidine rings is 1. The summed E-state index contributed by atoms with van der Waals surface area (Å²) in [4.78, 5) is 14.8. The van der Waals surface area contributed by atoms with Gasteiger partial charge in [0.1, 0.15) is 0 Å². The van der Waals surface area contributed by atoms with Crippen molar-refractivity contribution in [1.82, 2.24) is 4.90 Å². The van der Waals surface area contributed by atoms with Crippen LogP contribution in [-0.4, -0.2) is 38.1 Å². The van der Waals surface area contributed by atoms with E-state index in [0.29, 0.717) is 28.0 Å². The van der Waals surface area contributed by atoms with Gasteiger partial charge in [-0.05, 0) is 36.8 Å². The van der Waals surface area contributed by atoms with Gasteiger partial charge in [-0.2, -0.15) is 0 Å². The number of halogens is 1. The number of hydrogen-bond acceptors (Lipinski definition) is 3. The molecule has 2 aliphatic rings. The fraction of sp³-hybridized carbons (Fsp3) is 0.611. The number of benzene rings is 1. The van der Waals surface area contributed by atoms with Gasteiger partial charge in [0.2, 0.25) is 0 Å². The van der Waals surface area contributed by atoms with Gasteiger partial charge in [0.15, 0.2) is 11.5 Å². The summed E-state index contributed by atoms with van der Waals surface area (Å²) in [6.07, 6.45) is 6.35. The Kier molecular flexibility index (Phi) is 5.00. The van der Waals surface area contributed by atoms with E-state index in [-0.39, 0.29) is 5.91 Å². The van der Waals surface area contributed by atoms with Crippen molar-refractivity contribution in [2.24, 2.45) is 11.8 Å². The highest BCUT2D eigenvalue weighted by Crippen LogP contribution is 2.38. The summed E-state index contributed by atoms with van der Waals surface area (Å²) in [6, 6.07) is 3.40. The smallest absolute Gasteiger partial charge is 0.254 e. The molecule has 0 N–H and O–H groups in total. The summed E-state index contributed by atoms with van der Waals surface area (Å²) >= 11 is 6.23. The van der Waals surface area contributed by atoms with E-state index in [1.165, 1.54) is 25.7 Å². The highest BCUT2D eigenvalue weighted by molar-refractivity contribution is 6.32. The molecule has 23 heavy (non-hydrogen) atoms. The minimum atomic E-state index is 0.0388. The first-order chi connectivity index (χ1) is 11.1. The van der Waals surface area contributed by atoms with Gasteiger partial charge in [-0.3, -0.25) is 4.79 Å². The lowest BCUT2D eigenvalue weighted by Gasteiger charge is -2.41. The third-order valence-corrected chi connectivity index (χ3v) is 5.54. The Labute approximate surface area is 142 Å². The fourth-order valence-corrected chi connectivity index (χ4v) is 4.30. The number of ether oxygens (including phenoxy) is 2. The highest BCUT2D eigenvalue weighted by Gasteiger charge is 2.33. The number of nitrogens with zero attached hydrogens (tertiary/aromatic N) is 1. The van der Waals surface area contributed by atoms with Gasteiger partial charge in [0.05, 0.1) is 19.2 Å². The summed E-state index contributed by atoms with van der Waals surface area (Å²) in [5.74, 6) is 2.48. The van der Waals surface area contributed by atoms with E-state index in [4.69, 9.17) is 21.1 Å². The maximum absolute atomic E-state index is 12.9. The molecule has 1 aliphatic carbocycles. The van der Waals surface area contributed by atoms with Crippen LogP contribution in [-0.2, 0) is 0 Å². The number of hydrogen-bond donors (Lipinski definition) is 0. The minimum Gasteiger partial charge on any atom is -0.493 e. The number of likely N-dealkylation sites (tertiary alicyclic amines) is 1. The maximum Gasteiger partial charge on any atom is 0.254 e. The molecule has 1 aliphatic heterocycles. The number of carbonyl (C=O) groups excluding carboxylic acids is 1. The Balaban J connectivity index is 1.79. The van der Waals surface area contributed by atoms with Crippen molar-refractivity contribution < 1.29 is 14.3 Å². The second kappa shape index (κ2) is 7.00. The maximum atomic E-state index is 12.9. The fourth-order valence-electron chi connectivity index (χ4n) is 4.01. The molecule has 4 nitrogen and oxygen atoms in total. The van der Waals surface area contributed by atoms with E-state index in [1.54, 1.807) is 26.4 Å². The van der Waals surface area contributed by atoms with Crippen molar-refractivity contribution in [3.05, 3.63) is 22.7 Å². The van der Waals surface area contributed by atoms with Crippen LogP contribution in [0.5, 0.6) is 11.5 Å². The molecule has 126 valence electrons. The standard InChI is InChI=1S/C18H24ClNO3/c1-22-16-10-14(9-15(19)17(16)23-2)18(21)20-8-7-12-5-3-4-6-13(12)11-20/h9-10,12-13H,3-8,11H2,1-2H3/t12-,13+/m1/s1. The minimum absolute atomic E-state index is 0.0388. The van der Waals surface area contributed by atoms with E-state index in [1.807, 2.05) is 4.90 Å². The number of amides is 1. The Morgan fingerprint density at radius 3 is 2.57 bits per heavy atom. The van der Waals surface area contributed by atoms with Crippen LogP contribution in [0.4, 0.5) is 0 Å². The van der Waals surface area contributed by atoms with Gasteiger partial charge < -0.3 is 14.4 Å². The van der Waals surface area contributed by atoms with Gasteiger partial charge in [0.25, 0.3) is 5.91 Å². The third-order valence-electron chi connectivity index (χ3n) is 5.26. The summed E-state index contributed by atoms with van der Waals surface area (Å²) < 4.78 is 10.5. The Bertz CT molecular complexity index is 590. The molecule has 3 rings (SSSR count). The van der Waals surface area contributed by atoms with Crippen LogP contribution in [0.1, 0.15) is 42.5 Å². The molecule has 0 radical (unpaired) electrons. The molecule has 1 aromatic rings. The van der Waals surface area contributed by atoms with Crippen LogP contribution in [0.3, 0.4) is 0 Å². The lowest BCUT2D eigenvalue weighted by molar-refractivity contribution is 0.0520. The molecule has 1 aromatic carbocycles. The molecular weight excluding hydrogens is 314 g/mol.